The van der Waals surface area contributed by atoms with Crippen LogP contribution in [0.15, 0.2) is 24.3 Å². The predicted molar refractivity (Wildman–Crippen MR) is 86.6 cm³/mol. The summed E-state index contributed by atoms with van der Waals surface area (Å²) in [6.07, 6.45) is 3.34. The summed E-state index contributed by atoms with van der Waals surface area (Å²) in [5, 5.41) is 0. The molecule has 2 aliphatic rings. The molecule has 1 amide bonds. The maximum absolute atomic E-state index is 12.7. The maximum Gasteiger partial charge on any atom is 0.223 e. The zero-order valence-electron chi connectivity index (χ0n) is 13.9. The summed E-state index contributed by atoms with van der Waals surface area (Å²) in [6, 6.07) is 8.08. The first-order chi connectivity index (χ1) is 11.2. The molecule has 23 heavy (non-hydrogen) atoms. The number of nitrogens with zero attached hydrogens (tertiary/aromatic N) is 1. The van der Waals surface area contributed by atoms with E-state index in [1.807, 2.05) is 29.2 Å². The fourth-order valence-corrected chi connectivity index (χ4v) is 3.70. The van der Waals surface area contributed by atoms with Crippen LogP contribution in [0.4, 0.5) is 0 Å². The number of methoxy groups -OCH3 is 2. The molecule has 0 radical (unpaired) electrons. The molecule has 0 bridgehead atoms. The van der Waals surface area contributed by atoms with E-state index in [-0.39, 0.29) is 24.2 Å². The molecule has 0 aromatic heterocycles. The molecule has 5 heteroatoms. The SMILES string of the molecule is COc1cccc(CCC(=O)N2CCO[C@H]3[C@H](OC)CC[C@@H]32)c1. The number of amides is 1. The van der Waals surface area contributed by atoms with Crippen molar-refractivity contribution in [1.82, 2.24) is 4.90 Å². The molecule has 3 atom stereocenters. The van der Waals surface area contributed by atoms with Gasteiger partial charge in [0.2, 0.25) is 5.91 Å². The highest BCUT2D eigenvalue weighted by atomic mass is 16.5. The molecule has 1 saturated carbocycles. The second-order valence-electron chi connectivity index (χ2n) is 6.19. The smallest absolute Gasteiger partial charge is 0.223 e. The summed E-state index contributed by atoms with van der Waals surface area (Å²) in [4.78, 5) is 14.7. The van der Waals surface area contributed by atoms with Gasteiger partial charge in [-0.1, -0.05) is 12.1 Å². The van der Waals surface area contributed by atoms with E-state index >= 15 is 0 Å². The normalized spacial score (nSPS) is 26.9. The number of ether oxygens (including phenoxy) is 3. The Labute approximate surface area is 137 Å². The average Bonchev–Trinajstić information content (AvgIpc) is 3.03. The van der Waals surface area contributed by atoms with Crippen LogP contribution in [-0.4, -0.2) is 56.4 Å². The molecular weight excluding hydrogens is 294 g/mol. The highest BCUT2D eigenvalue weighted by Crippen LogP contribution is 2.32. The second-order valence-corrected chi connectivity index (χ2v) is 6.19. The lowest BCUT2D eigenvalue weighted by Crippen LogP contribution is -2.53. The van der Waals surface area contributed by atoms with Gasteiger partial charge >= 0.3 is 0 Å². The summed E-state index contributed by atoms with van der Waals surface area (Å²) in [6.45, 7) is 1.29. The third kappa shape index (κ3) is 3.51. The van der Waals surface area contributed by atoms with Crippen molar-refractivity contribution < 1.29 is 19.0 Å². The van der Waals surface area contributed by atoms with Crippen molar-refractivity contribution >= 4 is 5.91 Å². The van der Waals surface area contributed by atoms with Gasteiger partial charge < -0.3 is 19.1 Å². The van der Waals surface area contributed by atoms with E-state index in [4.69, 9.17) is 14.2 Å². The van der Waals surface area contributed by atoms with Crippen LogP contribution in [0.3, 0.4) is 0 Å². The van der Waals surface area contributed by atoms with Gasteiger partial charge in [-0.05, 0) is 37.0 Å². The molecule has 1 heterocycles. The molecule has 1 aliphatic carbocycles. The number of carbonyl (C=O) groups excluding carboxylic acids is 1. The highest BCUT2D eigenvalue weighted by Gasteiger charge is 2.44. The van der Waals surface area contributed by atoms with Gasteiger partial charge in [0.15, 0.2) is 0 Å². The summed E-state index contributed by atoms with van der Waals surface area (Å²) < 4.78 is 16.6. The Morgan fingerprint density at radius 1 is 1.35 bits per heavy atom. The summed E-state index contributed by atoms with van der Waals surface area (Å²) in [7, 11) is 3.38. The zero-order chi connectivity index (χ0) is 16.2. The second kappa shape index (κ2) is 7.32. The lowest BCUT2D eigenvalue weighted by molar-refractivity contribution is -0.149. The number of morpholine rings is 1. The first-order valence-electron chi connectivity index (χ1n) is 8.29. The quantitative estimate of drug-likeness (QED) is 0.833. The first kappa shape index (κ1) is 16.3. The van der Waals surface area contributed by atoms with Crippen LogP contribution in [0.25, 0.3) is 0 Å². The largest absolute Gasteiger partial charge is 0.497 e. The minimum Gasteiger partial charge on any atom is -0.497 e. The Kier molecular flexibility index (Phi) is 5.18. The van der Waals surface area contributed by atoms with Crippen molar-refractivity contribution in [3.63, 3.8) is 0 Å². The molecule has 2 fully saturated rings. The van der Waals surface area contributed by atoms with Gasteiger partial charge in [-0.25, -0.2) is 0 Å². The van der Waals surface area contributed by atoms with Gasteiger partial charge in [0.05, 0.1) is 25.9 Å². The van der Waals surface area contributed by atoms with Gasteiger partial charge in [-0.3, -0.25) is 4.79 Å². The maximum atomic E-state index is 12.7. The monoisotopic (exact) mass is 319 g/mol. The van der Waals surface area contributed by atoms with Crippen molar-refractivity contribution in [2.45, 2.75) is 43.9 Å². The number of fused-ring (bicyclic) bond motifs is 1. The number of hydrogen-bond donors (Lipinski definition) is 0. The molecule has 1 aromatic rings. The highest BCUT2D eigenvalue weighted by molar-refractivity contribution is 5.77. The van der Waals surface area contributed by atoms with Crippen LogP contribution < -0.4 is 4.74 Å². The van der Waals surface area contributed by atoms with Gasteiger partial charge in [0.1, 0.15) is 11.9 Å². The number of benzene rings is 1. The fourth-order valence-electron chi connectivity index (χ4n) is 3.70. The van der Waals surface area contributed by atoms with Gasteiger partial charge in [0, 0.05) is 20.1 Å². The Balaban J connectivity index is 1.59. The van der Waals surface area contributed by atoms with Crippen LogP contribution >= 0.6 is 0 Å². The van der Waals surface area contributed by atoms with Gasteiger partial charge in [-0.15, -0.1) is 0 Å². The predicted octanol–water partition coefficient (Wildman–Crippen LogP) is 2.03. The molecule has 3 rings (SSSR count). The Morgan fingerprint density at radius 3 is 3.00 bits per heavy atom. The standard InChI is InChI=1S/C18H25NO4/c1-21-14-5-3-4-13(12-14)6-9-17(20)19-10-11-23-18-15(19)7-8-16(18)22-2/h3-5,12,15-16,18H,6-11H2,1-2H3/t15-,16+,18+/m0/s1. The Hall–Kier alpha value is -1.59. The van der Waals surface area contributed by atoms with E-state index in [2.05, 4.69) is 0 Å². The summed E-state index contributed by atoms with van der Waals surface area (Å²) >= 11 is 0. The van der Waals surface area contributed by atoms with Gasteiger partial charge in [0.25, 0.3) is 0 Å². The minimum atomic E-state index is 0.0366. The Bertz CT molecular complexity index is 548. The molecule has 0 unspecified atom stereocenters. The number of hydrogen-bond acceptors (Lipinski definition) is 4. The molecule has 5 nitrogen and oxygen atoms in total. The summed E-state index contributed by atoms with van der Waals surface area (Å²) in [5.74, 6) is 1.04. The van der Waals surface area contributed by atoms with Crippen LogP contribution in [0.1, 0.15) is 24.8 Å². The number of carbonyl (C=O) groups is 1. The lowest BCUT2D eigenvalue weighted by Gasteiger charge is -2.39. The van der Waals surface area contributed by atoms with Crippen LogP contribution in [0, 0.1) is 0 Å². The molecular formula is C18H25NO4. The topological polar surface area (TPSA) is 48.0 Å². The van der Waals surface area contributed by atoms with E-state index < -0.39 is 0 Å². The van der Waals surface area contributed by atoms with E-state index in [9.17, 15) is 4.79 Å². The zero-order valence-corrected chi connectivity index (χ0v) is 13.9. The third-order valence-corrected chi connectivity index (χ3v) is 4.92. The van der Waals surface area contributed by atoms with Crippen LogP contribution in [0.5, 0.6) is 5.75 Å². The third-order valence-electron chi connectivity index (χ3n) is 4.92. The summed E-state index contributed by atoms with van der Waals surface area (Å²) in [5.41, 5.74) is 1.13. The molecule has 126 valence electrons. The molecule has 1 aliphatic heterocycles. The van der Waals surface area contributed by atoms with Crippen molar-refractivity contribution in [3.8, 4) is 5.75 Å². The van der Waals surface area contributed by atoms with Crippen LogP contribution in [0.2, 0.25) is 0 Å². The molecule has 0 N–H and O–H groups in total. The minimum absolute atomic E-state index is 0.0366. The molecule has 1 aromatic carbocycles. The Morgan fingerprint density at radius 2 is 2.22 bits per heavy atom. The average molecular weight is 319 g/mol. The first-order valence-corrected chi connectivity index (χ1v) is 8.29. The van der Waals surface area contributed by atoms with Crippen molar-refractivity contribution in [2.75, 3.05) is 27.4 Å². The van der Waals surface area contributed by atoms with Gasteiger partial charge in [-0.2, -0.15) is 0 Å². The van der Waals surface area contributed by atoms with E-state index in [1.165, 1.54) is 0 Å². The van der Waals surface area contributed by atoms with Crippen molar-refractivity contribution in [2.24, 2.45) is 0 Å². The number of rotatable bonds is 5. The van der Waals surface area contributed by atoms with Crippen molar-refractivity contribution in [1.29, 1.82) is 0 Å². The molecule has 0 spiro atoms. The van der Waals surface area contributed by atoms with E-state index in [0.717, 1.165) is 30.6 Å². The lowest BCUT2D eigenvalue weighted by atomic mass is 10.1. The van der Waals surface area contributed by atoms with Crippen molar-refractivity contribution in [3.05, 3.63) is 29.8 Å². The van der Waals surface area contributed by atoms with E-state index in [0.29, 0.717) is 19.6 Å². The van der Waals surface area contributed by atoms with E-state index in [1.54, 1.807) is 14.2 Å². The molecule has 1 saturated heterocycles. The number of aryl methyl sites for hydroxylation is 1. The fraction of sp³-hybridized carbons (Fsp3) is 0.611. The van der Waals surface area contributed by atoms with Crippen LogP contribution in [-0.2, 0) is 20.7 Å².